The summed E-state index contributed by atoms with van der Waals surface area (Å²) in [5.41, 5.74) is 2.55. The molecule has 0 saturated carbocycles. The van der Waals surface area contributed by atoms with Crippen LogP contribution in [0.2, 0.25) is 5.02 Å². The second-order valence-corrected chi connectivity index (χ2v) is 5.75. The summed E-state index contributed by atoms with van der Waals surface area (Å²) in [6.07, 6.45) is 7.38. The molecule has 6 nitrogen and oxygen atoms in total. The first kappa shape index (κ1) is 19.1. The molecule has 0 aliphatic rings. The zero-order valence-electron chi connectivity index (χ0n) is 14.8. The first-order valence-corrected chi connectivity index (χ1v) is 8.73. The van der Waals surface area contributed by atoms with Gasteiger partial charge in [-0.2, -0.15) is 0 Å². The monoisotopic (exact) mass is 392 g/mol. The molecule has 0 radical (unpaired) electrons. The summed E-state index contributed by atoms with van der Waals surface area (Å²) in [5, 5.41) is 0.579. The SMILES string of the molecule is Clc1ccc2occccccoc3ccccc3ncncnc[nH]c2c1. The molecule has 0 amide bonds. The minimum Gasteiger partial charge on any atom is -0.463 e. The fourth-order valence-corrected chi connectivity index (χ4v) is 2.30. The van der Waals surface area contributed by atoms with Crippen molar-refractivity contribution in [2.24, 2.45) is 0 Å². The lowest BCUT2D eigenvalue weighted by molar-refractivity contribution is 0.604. The highest BCUT2D eigenvalue weighted by Crippen LogP contribution is 2.15. The number of nitrogens with one attached hydrogen (secondary N) is 1. The first-order chi connectivity index (χ1) is 13.8. The Labute approximate surface area is 166 Å². The van der Waals surface area contributed by atoms with Gasteiger partial charge in [0.15, 0.2) is 5.58 Å². The van der Waals surface area contributed by atoms with Gasteiger partial charge in [-0.25, -0.2) is 15.0 Å². The summed E-state index contributed by atoms with van der Waals surface area (Å²) in [7, 11) is 0. The van der Waals surface area contributed by atoms with E-state index in [9.17, 15) is 0 Å². The molecule has 0 unspecified atom stereocenters. The smallest absolute Gasteiger partial charge is 0.152 e. The van der Waals surface area contributed by atoms with Gasteiger partial charge in [0.2, 0.25) is 0 Å². The molecule has 0 bridgehead atoms. The van der Waals surface area contributed by atoms with Crippen LogP contribution >= 0.6 is 11.6 Å². The maximum absolute atomic E-state index is 6.05. The number of halogens is 1. The summed E-state index contributed by atoms with van der Waals surface area (Å²) in [6, 6.07) is 19.8. The van der Waals surface area contributed by atoms with Crippen LogP contribution in [0.3, 0.4) is 0 Å². The zero-order chi connectivity index (χ0) is 19.4. The quantitative estimate of drug-likeness (QED) is 0.519. The second kappa shape index (κ2) is 10.5. The van der Waals surface area contributed by atoms with E-state index < -0.39 is 0 Å². The fraction of sp³-hybridized carbons (Fsp3) is 0. The fourth-order valence-electron chi connectivity index (χ4n) is 2.13. The van der Waals surface area contributed by atoms with Crippen LogP contribution in [0, 0.1) is 0 Å². The number of benzene rings is 2. The van der Waals surface area contributed by atoms with Gasteiger partial charge in [0.1, 0.15) is 23.8 Å². The van der Waals surface area contributed by atoms with Crippen LogP contribution in [0.1, 0.15) is 0 Å². The average molecular weight is 393 g/mol. The van der Waals surface area contributed by atoms with E-state index in [1.807, 2.05) is 36.4 Å². The summed E-state index contributed by atoms with van der Waals surface area (Å²) < 4.78 is 11.2. The van der Waals surface area contributed by atoms with E-state index in [2.05, 4.69) is 19.9 Å². The van der Waals surface area contributed by atoms with Gasteiger partial charge in [-0.05, 0) is 42.5 Å². The molecule has 7 heteroatoms. The van der Waals surface area contributed by atoms with E-state index in [0.717, 1.165) is 0 Å². The number of fused-ring (bicyclic) bond motifs is 2. The maximum atomic E-state index is 6.05. The zero-order valence-corrected chi connectivity index (χ0v) is 15.5. The largest absolute Gasteiger partial charge is 0.463 e. The Bertz CT molecular complexity index is 1160. The minimum atomic E-state index is 0.579. The Balaban J connectivity index is 2.16. The molecule has 0 fully saturated rings. The van der Waals surface area contributed by atoms with E-state index in [1.165, 1.54) is 19.0 Å². The van der Waals surface area contributed by atoms with Gasteiger partial charge in [-0.1, -0.05) is 35.9 Å². The van der Waals surface area contributed by atoms with Crippen molar-refractivity contribution in [1.29, 1.82) is 0 Å². The molecule has 1 heterocycles. The highest BCUT2D eigenvalue weighted by Gasteiger charge is 1.92. The summed E-state index contributed by atoms with van der Waals surface area (Å²) in [5.74, 6) is 0. The number of nitrogens with zero attached hydrogens (tertiary/aromatic N) is 3. The number of aromatic amines is 1. The Morgan fingerprint density at radius 2 is 1.54 bits per heavy atom. The Hall–Kier alpha value is -3.64. The molecule has 2 aromatic carbocycles. The van der Waals surface area contributed by atoms with E-state index in [-0.39, 0.29) is 0 Å². The normalized spacial score (nSPS) is 9.61. The second-order valence-electron chi connectivity index (χ2n) is 5.32. The number of aromatic nitrogens is 4. The van der Waals surface area contributed by atoms with Crippen molar-refractivity contribution in [3.8, 4) is 0 Å². The maximum Gasteiger partial charge on any atom is 0.152 e. The molecule has 0 atom stereocenters. The lowest BCUT2D eigenvalue weighted by Crippen LogP contribution is -1.75. The highest BCUT2D eigenvalue weighted by molar-refractivity contribution is 6.31. The third-order valence-corrected chi connectivity index (χ3v) is 3.61. The van der Waals surface area contributed by atoms with Gasteiger partial charge in [-0.3, -0.25) is 0 Å². The van der Waals surface area contributed by atoms with Crippen LogP contribution < -0.4 is 0 Å². The molecule has 28 heavy (non-hydrogen) atoms. The summed E-state index contributed by atoms with van der Waals surface area (Å²) in [6.45, 7) is 0. The van der Waals surface area contributed by atoms with Crippen molar-refractivity contribution in [3.05, 3.63) is 103 Å². The Morgan fingerprint density at radius 3 is 2.39 bits per heavy atom. The van der Waals surface area contributed by atoms with Crippen molar-refractivity contribution in [1.82, 2.24) is 19.9 Å². The molecule has 0 aliphatic heterocycles. The molecule has 1 N–H and O–H groups in total. The molecule has 0 saturated heterocycles. The van der Waals surface area contributed by atoms with Gasteiger partial charge in [0.25, 0.3) is 0 Å². The molecular formula is C21H17ClN4O2. The molecule has 3 aromatic rings. The minimum absolute atomic E-state index is 0.579. The topological polar surface area (TPSA) is 80.7 Å². The van der Waals surface area contributed by atoms with Crippen LogP contribution in [0.15, 0.2) is 107 Å². The average Bonchev–Trinajstić information content (AvgIpc) is 2.71. The third kappa shape index (κ3) is 5.96. The molecule has 0 aliphatic carbocycles. The van der Waals surface area contributed by atoms with E-state index in [1.54, 1.807) is 42.9 Å². The van der Waals surface area contributed by atoms with Gasteiger partial charge < -0.3 is 13.8 Å². The Kier molecular flexibility index (Phi) is 7.17. The van der Waals surface area contributed by atoms with Crippen LogP contribution in [-0.4, -0.2) is 19.9 Å². The lowest BCUT2D eigenvalue weighted by atomic mass is 10.3. The number of hydrogen-bond acceptors (Lipinski definition) is 5. The molecule has 1 aromatic heterocycles. The van der Waals surface area contributed by atoms with Crippen molar-refractivity contribution < 1.29 is 8.83 Å². The van der Waals surface area contributed by atoms with E-state index >= 15 is 0 Å². The van der Waals surface area contributed by atoms with Gasteiger partial charge in [0, 0.05) is 5.02 Å². The molecule has 140 valence electrons. The van der Waals surface area contributed by atoms with E-state index in [4.69, 9.17) is 20.4 Å². The molecule has 3 rings (SSSR count). The van der Waals surface area contributed by atoms with Crippen molar-refractivity contribution in [3.63, 3.8) is 0 Å². The van der Waals surface area contributed by atoms with Crippen molar-refractivity contribution in [2.45, 2.75) is 0 Å². The summed E-state index contributed by atoms with van der Waals surface area (Å²) in [4.78, 5) is 15.3. The van der Waals surface area contributed by atoms with Crippen molar-refractivity contribution >= 4 is 33.8 Å². The number of H-pyrrole nitrogens is 1. The predicted molar refractivity (Wildman–Crippen MR) is 109 cm³/mol. The van der Waals surface area contributed by atoms with Crippen LogP contribution in [0.4, 0.5) is 0 Å². The Morgan fingerprint density at radius 1 is 0.750 bits per heavy atom. The van der Waals surface area contributed by atoms with Gasteiger partial charge in [-0.15, -0.1) is 0 Å². The predicted octanol–water partition coefficient (Wildman–Crippen LogP) is 5.84. The number of para-hydroxylation sites is 2. The number of hydrogen-bond donors (Lipinski definition) is 1. The third-order valence-electron chi connectivity index (χ3n) is 3.38. The molecular weight excluding hydrogens is 376 g/mol. The van der Waals surface area contributed by atoms with Gasteiger partial charge >= 0.3 is 0 Å². The number of rotatable bonds is 0. The standard InChI is InChI=1S/C21H17ClN4O2/c22-17-9-10-21-19(13-17)26-16-24-14-23-15-25-18-7-3-4-8-20(18)27-11-5-1-2-6-12-28-21/h1-16H,(H,23,24,25,26). The lowest BCUT2D eigenvalue weighted by Gasteiger charge is -1.93. The highest BCUT2D eigenvalue weighted by atomic mass is 35.5. The first-order valence-electron chi connectivity index (χ1n) is 8.35. The van der Waals surface area contributed by atoms with Crippen LogP contribution in [0.25, 0.3) is 22.2 Å². The van der Waals surface area contributed by atoms with Crippen molar-refractivity contribution in [2.75, 3.05) is 0 Å². The summed E-state index contributed by atoms with van der Waals surface area (Å²) >= 11 is 6.05. The van der Waals surface area contributed by atoms with Gasteiger partial charge in [0.05, 0.1) is 24.4 Å². The van der Waals surface area contributed by atoms with E-state index in [0.29, 0.717) is 27.2 Å². The van der Waals surface area contributed by atoms with Crippen LogP contribution in [0.5, 0.6) is 0 Å². The van der Waals surface area contributed by atoms with Crippen LogP contribution in [-0.2, 0) is 0 Å². The molecule has 0 spiro atoms.